The van der Waals surface area contributed by atoms with Crippen molar-refractivity contribution in [3.63, 3.8) is 0 Å². The second kappa shape index (κ2) is 7.93. The molecule has 0 saturated carbocycles. The monoisotopic (exact) mass is 278 g/mol. The molecule has 1 saturated heterocycles. The highest BCUT2D eigenvalue weighted by Crippen LogP contribution is 2.18. The van der Waals surface area contributed by atoms with Gasteiger partial charge in [0.2, 0.25) is 0 Å². The highest BCUT2D eigenvalue weighted by atomic mass is 32.2. The molecule has 0 radical (unpaired) electrons. The zero-order chi connectivity index (χ0) is 13.5. The van der Waals surface area contributed by atoms with Crippen LogP contribution < -0.4 is 5.32 Å². The van der Waals surface area contributed by atoms with Gasteiger partial charge in [0.15, 0.2) is 0 Å². The second-order valence-corrected chi connectivity index (χ2v) is 6.25. The normalized spacial score (nSPS) is 17.0. The van der Waals surface area contributed by atoms with Crippen molar-refractivity contribution in [3.05, 3.63) is 29.8 Å². The molecule has 0 amide bonds. The number of hydrogen-bond acceptors (Lipinski definition) is 3. The van der Waals surface area contributed by atoms with Gasteiger partial charge in [-0.25, -0.2) is 0 Å². The smallest absolute Gasteiger partial charge is 0.0233 e. The molecule has 0 bridgehead atoms. The van der Waals surface area contributed by atoms with Crippen molar-refractivity contribution < 1.29 is 0 Å². The van der Waals surface area contributed by atoms with E-state index in [1.165, 1.54) is 42.9 Å². The molecule has 3 heteroatoms. The van der Waals surface area contributed by atoms with Gasteiger partial charge in [0.05, 0.1) is 0 Å². The van der Waals surface area contributed by atoms with Crippen LogP contribution in [0.25, 0.3) is 0 Å². The molecule has 0 atom stereocenters. The van der Waals surface area contributed by atoms with Crippen LogP contribution in [0.5, 0.6) is 0 Å². The van der Waals surface area contributed by atoms with E-state index in [-0.39, 0.29) is 0 Å². The van der Waals surface area contributed by atoms with Crippen molar-refractivity contribution in [2.24, 2.45) is 5.92 Å². The van der Waals surface area contributed by atoms with Gasteiger partial charge in [0, 0.05) is 18.0 Å². The Morgan fingerprint density at radius 3 is 2.47 bits per heavy atom. The molecule has 0 aromatic heterocycles. The van der Waals surface area contributed by atoms with E-state index in [1.54, 1.807) is 0 Å². The largest absolute Gasteiger partial charge is 0.317 e. The number of piperidine rings is 1. The molecule has 19 heavy (non-hydrogen) atoms. The molecule has 1 aromatic carbocycles. The number of hydrogen-bond donors (Lipinski definition) is 1. The predicted molar refractivity (Wildman–Crippen MR) is 84.8 cm³/mol. The summed E-state index contributed by atoms with van der Waals surface area (Å²) in [6.45, 7) is 8.17. The Hall–Kier alpha value is -0.510. The summed E-state index contributed by atoms with van der Waals surface area (Å²) < 4.78 is 0. The second-order valence-electron chi connectivity index (χ2n) is 5.37. The van der Waals surface area contributed by atoms with Crippen LogP contribution in [-0.4, -0.2) is 37.3 Å². The van der Waals surface area contributed by atoms with E-state index in [0.717, 1.165) is 19.0 Å². The van der Waals surface area contributed by atoms with Crippen molar-refractivity contribution >= 4 is 11.8 Å². The maximum absolute atomic E-state index is 3.45. The lowest BCUT2D eigenvalue weighted by Crippen LogP contribution is -2.35. The number of benzene rings is 1. The third-order valence-electron chi connectivity index (χ3n) is 3.99. The molecule has 2 nitrogen and oxygen atoms in total. The summed E-state index contributed by atoms with van der Waals surface area (Å²) in [6.07, 6.45) is 4.80. The molecular weight excluding hydrogens is 252 g/mol. The van der Waals surface area contributed by atoms with E-state index in [9.17, 15) is 0 Å². The molecule has 0 spiro atoms. The first-order chi connectivity index (χ1) is 9.31. The average molecular weight is 278 g/mol. The topological polar surface area (TPSA) is 15.3 Å². The predicted octanol–water partition coefficient (Wildman–Crippen LogP) is 3.23. The summed E-state index contributed by atoms with van der Waals surface area (Å²) >= 11 is 1.81. The molecular formula is C16H26N2S. The first kappa shape index (κ1) is 14.9. The molecule has 1 aromatic rings. The molecule has 1 fully saturated rings. The van der Waals surface area contributed by atoms with Crippen LogP contribution in [0.2, 0.25) is 0 Å². The quantitative estimate of drug-likeness (QED) is 0.804. The van der Waals surface area contributed by atoms with Crippen molar-refractivity contribution in [2.75, 3.05) is 32.4 Å². The van der Waals surface area contributed by atoms with E-state index >= 15 is 0 Å². The maximum Gasteiger partial charge on any atom is 0.0233 e. The molecule has 1 aliphatic heterocycles. The van der Waals surface area contributed by atoms with Crippen LogP contribution in [0.1, 0.15) is 25.3 Å². The van der Waals surface area contributed by atoms with Crippen molar-refractivity contribution in [3.8, 4) is 0 Å². The summed E-state index contributed by atoms with van der Waals surface area (Å²) in [5.41, 5.74) is 1.44. The fraction of sp³-hybridized carbons (Fsp3) is 0.625. The van der Waals surface area contributed by atoms with E-state index in [4.69, 9.17) is 0 Å². The molecule has 1 N–H and O–H groups in total. The molecule has 1 heterocycles. The van der Waals surface area contributed by atoms with Gasteiger partial charge in [-0.1, -0.05) is 19.1 Å². The highest BCUT2D eigenvalue weighted by Gasteiger charge is 2.16. The average Bonchev–Trinajstić information content (AvgIpc) is 2.48. The molecule has 0 unspecified atom stereocenters. The number of nitrogens with one attached hydrogen (secondary N) is 1. The lowest BCUT2D eigenvalue weighted by Gasteiger charge is -2.29. The Labute approximate surface area is 122 Å². The number of rotatable bonds is 6. The van der Waals surface area contributed by atoms with E-state index in [0.29, 0.717) is 0 Å². The lowest BCUT2D eigenvalue weighted by atomic mass is 9.97. The van der Waals surface area contributed by atoms with Gasteiger partial charge in [0.1, 0.15) is 0 Å². The van der Waals surface area contributed by atoms with Crippen LogP contribution in [-0.2, 0) is 6.54 Å². The minimum absolute atomic E-state index is 0.881. The van der Waals surface area contributed by atoms with Crippen LogP contribution in [0.15, 0.2) is 29.2 Å². The molecule has 106 valence electrons. The van der Waals surface area contributed by atoms with Gasteiger partial charge in [-0.05, 0) is 62.3 Å². The fourth-order valence-electron chi connectivity index (χ4n) is 2.72. The summed E-state index contributed by atoms with van der Waals surface area (Å²) in [4.78, 5) is 3.94. The van der Waals surface area contributed by atoms with E-state index < -0.39 is 0 Å². The molecule has 0 aliphatic carbocycles. The standard InChI is InChI=1S/C16H26N2S/c1-3-18(13-15-8-10-17-11-9-15)12-14-4-6-16(19-2)7-5-14/h4-7,15,17H,3,8-13H2,1-2H3. The first-order valence-electron chi connectivity index (χ1n) is 7.37. The minimum Gasteiger partial charge on any atom is -0.317 e. The van der Waals surface area contributed by atoms with Crippen LogP contribution >= 0.6 is 11.8 Å². The Kier molecular flexibility index (Phi) is 6.21. The van der Waals surface area contributed by atoms with Gasteiger partial charge in [0.25, 0.3) is 0 Å². The number of thioether (sulfide) groups is 1. The minimum atomic E-state index is 0.881. The van der Waals surface area contributed by atoms with E-state index in [1.807, 2.05) is 11.8 Å². The Morgan fingerprint density at radius 2 is 1.89 bits per heavy atom. The van der Waals surface area contributed by atoms with Crippen molar-refractivity contribution in [1.29, 1.82) is 0 Å². The summed E-state index contributed by atoms with van der Waals surface area (Å²) in [7, 11) is 0. The van der Waals surface area contributed by atoms with Gasteiger partial charge in [-0.2, -0.15) is 0 Å². The van der Waals surface area contributed by atoms with E-state index in [2.05, 4.69) is 47.7 Å². The fourth-order valence-corrected chi connectivity index (χ4v) is 3.13. The molecule has 1 aliphatic rings. The zero-order valence-electron chi connectivity index (χ0n) is 12.2. The van der Waals surface area contributed by atoms with Gasteiger partial charge >= 0.3 is 0 Å². The zero-order valence-corrected chi connectivity index (χ0v) is 13.0. The summed E-state index contributed by atoms with van der Waals surface area (Å²) in [5.74, 6) is 0.881. The summed E-state index contributed by atoms with van der Waals surface area (Å²) in [5, 5.41) is 3.45. The Bertz CT molecular complexity index is 358. The third kappa shape index (κ3) is 4.83. The molecule has 2 rings (SSSR count). The van der Waals surface area contributed by atoms with Crippen LogP contribution in [0.3, 0.4) is 0 Å². The van der Waals surface area contributed by atoms with Gasteiger partial charge in [-0.3, -0.25) is 4.90 Å². The Balaban J connectivity index is 1.86. The highest BCUT2D eigenvalue weighted by molar-refractivity contribution is 7.98. The van der Waals surface area contributed by atoms with Crippen LogP contribution in [0, 0.1) is 5.92 Å². The van der Waals surface area contributed by atoms with Gasteiger partial charge in [-0.15, -0.1) is 11.8 Å². The Morgan fingerprint density at radius 1 is 1.21 bits per heavy atom. The summed E-state index contributed by atoms with van der Waals surface area (Å²) in [6, 6.07) is 9.02. The van der Waals surface area contributed by atoms with Gasteiger partial charge < -0.3 is 5.32 Å². The first-order valence-corrected chi connectivity index (χ1v) is 8.60. The van der Waals surface area contributed by atoms with Crippen molar-refractivity contribution in [1.82, 2.24) is 10.2 Å². The SMILES string of the molecule is CCN(Cc1ccc(SC)cc1)CC1CCNCC1. The maximum atomic E-state index is 3.45. The lowest BCUT2D eigenvalue weighted by molar-refractivity contribution is 0.207. The van der Waals surface area contributed by atoms with Crippen LogP contribution in [0.4, 0.5) is 0 Å². The number of nitrogens with zero attached hydrogens (tertiary/aromatic N) is 1. The third-order valence-corrected chi connectivity index (χ3v) is 4.73. The van der Waals surface area contributed by atoms with Crippen molar-refractivity contribution in [2.45, 2.75) is 31.2 Å².